The van der Waals surface area contributed by atoms with E-state index >= 15 is 0 Å². The highest BCUT2D eigenvalue weighted by Crippen LogP contribution is 2.26. The van der Waals surface area contributed by atoms with Crippen LogP contribution in [-0.2, 0) is 0 Å². The topological polar surface area (TPSA) is 41.6 Å². The van der Waals surface area contributed by atoms with Crippen molar-refractivity contribution in [3.8, 4) is 0 Å². The second kappa shape index (κ2) is 4.24. The molecule has 0 saturated heterocycles. The van der Waals surface area contributed by atoms with E-state index in [9.17, 15) is 0 Å². The van der Waals surface area contributed by atoms with E-state index in [1.807, 2.05) is 6.20 Å². The van der Waals surface area contributed by atoms with E-state index in [0.29, 0.717) is 11.8 Å². The van der Waals surface area contributed by atoms with E-state index in [-0.39, 0.29) is 0 Å². The van der Waals surface area contributed by atoms with Gasteiger partial charge in [-0.15, -0.1) is 0 Å². The molecule has 2 aromatic heterocycles. The van der Waals surface area contributed by atoms with Gasteiger partial charge in [0.2, 0.25) is 0 Å². The molecule has 1 unspecified atom stereocenters. The van der Waals surface area contributed by atoms with Crippen LogP contribution in [0.4, 0.5) is 0 Å². The maximum absolute atomic E-state index is 4.52. The van der Waals surface area contributed by atoms with Crippen molar-refractivity contribution >= 4 is 11.2 Å². The van der Waals surface area contributed by atoms with Gasteiger partial charge in [0.25, 0.3) is 0 Å². The molecule has 0 bridgehead atoms. The minimum absolute atomic E-state index is 0.416. The third kappa shape index (κ3) is 1.82. The number of hydrogen-bond donors (Lipinski definition) is 1. The fourth-order valence-corrected chi connectivity index (χ4v) is 1.85. The molecule has 3 nitrogen and oxygen atoms in total. The van der Waals surface area contributed by atoms with E-state index in [0.717, 1.165) is 23.4 Å². The van der Waals surface area contributed by atoms with Gasteiger partial charge in [0.05, 0.1) is 5.52 Å². The number of nitrogens with one attached hydrogen (secondary N) is 1. The average Bonchev–Trinajstić information content (AvgIpc) is 2.71. The predicted molar refractivity (Wildman–Crippen MR) is 66.7 cm³/mol. The summed E-state index contributed by atoms with van der Waals surface area (Å²) in [5.41, 5.74) is 3.29. The molecule has 0 aromatic carbocycles. The lowest BCUT2D eigenvalue weighted by Gasteiger charge is -2.08. The molecule has 1 atom stereocenters. The summed E-state index contributed by atoms with van der Waals surface area (Å²) >= 11 is 0. The number of imidazole rings is 1. The van der Waals surface area contributed by atoms with E-state index in [1.165, 1.54) is 5.56 Å². The van der Waals surface area contributed by atoms with Crippen molar-refractivity contribution in [1.29, 1.82) is 0 Å². The molecule has 0 fully saturated rings. The first kappa shape index (κ1) is 11.1. The highest BCUT2D eigenvalue weighted by atomic mass is 15.0. The monoisotopic (exact) mass is 217 g/mol. The third-order valence-electron chi connectivity index (χ3n) is 3.13. The number of pyridine rings is 1. The summed E-state index contributed by atoms with van der Waals surface area (Å²) in [4.78, 5) is 12.2. The molecule has 0 aliphatic carbocycles. The van der Waals surface area contributed by atoms with Gasteiger partial charge in [-0.1, -0.05) is 27.7 Å². The summed E-state index contributed by atoms with van der Waals surface area (Å²) in [5.74, 6) is 1.99. The first-order valence-electron chi connectivity index (χ1n) is 5.98. The summed E-state index contributed by atoms with van der Waals surface area (Å²) in [6.07, 6.45) is 2.99. The first-order valence-corrected chi connectivity index (χ1v) is 5.98. The molecule has 0 amide bonds. The highest BCUT2D eigenvalue weighted by molar-refractivity contribution is 5.75. The number of nitrogens with zero attached hydrogens (tertiary/aromatic N) is 2. The van der Waals surface area contributed by atoms with Gasteiger partial charge in [-0.25, -0.2) is 9.97 Å². The number of rotatable bonds is 3. The van der Waals surface area contributed by atoms with Crippen LogP contribution in [0.5, 0.6) is 0 Å². The smallest absolute Gasteiger partial charge is 0.177 e. The largest absolute Gasteiger partial charge is 0.340 e. The molecule has 86 valence electrons. The molecule has 2 rings (SSSR count). The summed E-state index contributed by atoms with van der Waals surface area (Å²) in [6, 6.07) is 2.10. The van der Waals surface area contributed by atoms with Crippen LogP contribution in [0.3, 0.4) is 0 Å². The Kier molecular flexibility index (Phi) is 2.95. The number of hydrogen-bond acceptors (Lipinski definition) is 2. The van der Waals surface area contributed by atoms with Crippen LogP contribution in [0.15, 0.2) is 12.3 Å². The summed E-state index contributed by atoms with van der Waals surface area (Å²) in [7, 11) is 0. The standard InChI is InChI=1S/C13H19N3/c1-5-9(4)10-6-7-14-13-11(10)15-12(16-13)8(2)3/h6-9H,5H2,1-4H3,(H,14,15,16). The number of aromatic amines is 1. The van der Waals surface area contributed by atoms with Crippen molar-refractivity contribution in [2.75, 3.05) is 0 Å². The summed E-state index contributed by atoms with van der Waals surface area (Å²) < 4.78 is 0. The molecule has 0 saturated carbocycles. The molecule has 1 N–H and O–H groups in total. The van der Waals surface area contributed by atoms with Crippen LogP contribution < -0.4 is 0 Å². The summed E-state index contributed by atoms with van der Waals surface area (Å²) in [6.45, 7) is 8.72. The number of H-pyrrole nitrogens is 1. The van der Waals surface area contributed by atoms with Crippen LogP contribution in [0.1, 0.15) is 57.3 Å². The van der Waals surface area contributed by atoms with Gasteiger partial charge in [-0.05, 0) is 24.0 Å². The Labute approximate surface area is 96.3 Å². The molecule has 0 radical (unpaired) electrons. The SMILES string of the molecule is CCC(C)c1ccnc2nc(C(C)C)[nH]c12. The second-order valence-corrected chi connectivity index (χ2v) is 4.68. The van der Waals surface area contributed by atoms with Crippen molar-refractivity contribution < 1.29 is 0 Å². The Morgan fingerprint density at radius 3 is 2.69 bits per heavy atom. The minimum atomic E-state index is 0.416. The molecule has 0 spiro atoms. The van der Waals surface area contributed by atoms with Gasteiger partial charge < -0.3 is 4.98 Å². The Balaban J connectivity index is 2.58. The zero-order valence-corrected chi connectivity index (χ0v) is 10.4. The number of aromatic nitrogens is 3. The van der Waals surface area contributed by atoms with Crippen molar-refractivity contribution in [3.63, 3.8) is 0 Å². The van der Waals surface area contributed by atoms with E-state index in [1.54, 1.807) is 0 Å². The van der Waals surface area contributed by atoms with Gasteiger partial charge in [0, 0.05) is 12.1 Å². The van der Waals surface area contributed by atoms with Crippen molar-refractivity contribution in [3.05, 3.63) is 23.7 Å². The Hall–Kier alpha value is -1.38. The van der Waals surface area contributed by atoms with E-state index in [2.05, 4.69) is 48.7 Å². The van der Waals surface area contributed by atoms with Crippen LogP contribution in [0.2, 0.25) is 0 Å². The number of fused-ring (bicyclic) bond motifs is 1. The van der Waals surface area contributed by atoms with Gasteiger partial charge in [-0.3, -0.25) is 0 Å². The van der Waals surface area contributed by atoms with Crippen LogP contribution in [0, 0.1) is 0 Å². The molecule has 3 heteroatoms. The Morgan fingerprint density at radius 1 is 1.31 bits per heavy atom. The first-order chi connectivity index (χ1) is 7.63. The van der Waals surface area contributed by atoms with Gasteiger partial charge in [0.15, 0.2) is 5.65 Å². The normalized spacial score (nSPS) is 13.6. The Bertz CT molecular complexity index is 485. The maximum Gasteiger partial charge on any atom is 0.177 e. The molecule has 16 heavy (non-hydrogen) atoms. The predicted octanol–water partition coefficient (Wildman–Crippen LogP) is 3.59. The molecule has 0 aliphatic heterocycles. The Morgan fingerprint density at radius 2 is 2.06 bits per heavy atom. The third-order valence-corrected chi connectivity index (χ3v) is 3.13. The van der Waals surface area contributed by atoms with Crippen LogP contribution in [-0.4, -0.2) is 15.0 Å². The van der Waals surface area contributed by atoms with Crippen molar-refractivity contribution in [2.24, 2.45) is 0 Å². The lowest BCUT2D eigenvalue weighted by molar-refractivity contribution is 0.736. The van der Waals surface area contributed by atoms with Crippen LogP contribution in [0.25, 0.3) is 11.2 Å². The molecule has 2 heterocycles. The average molecular weight is 217 g/mol. The van der Waals surface area contributed by atoms with Gasteiger partial charge in [0.1, 0.15) is 5.82 Å². The second-order valence-electron chi connectivity index (χ2n) is 4.68. The fourth-order valence-electron chi connectivity index (χ4n) is 1.85. The van der Waals surface area contributed by atoms with E-state index in [4.69, 9.17) is 0 Å². The quantitative estimate of drug-likeness (QED) is 0.853. The maximum atomic E-state index is 4.52. The lowest BCUT2D eigenvalue weighted by Crippen LogP contribution is -1.94. The van der Waals surface area contributed by atoms with Gasteiger partial charge in [-0.2, -0.15) is 0 Å². The lowest BCUT2D eigenvalue weighted by atomic mass is 9.99. The van der Waals surface area contributed by atoms with Crippen molar-refractivity contribution in [1.82, 2.24) is 15.0 Å². The van der Waals surface area contributed by atoms with Gasteiger partial charge >= 0.3 is 0 Å². The molecular formula is C13H19N3. The van der Waals surface area contributed by atoms with Crippen LogP contribution >= 0.6 is 0 Å². The minimum Gasteiger partial charge on any atom is -0.340 e. The molecular weight excluding hydrogens is 198 g/mol. The zero-order valence-electron chi connectivity index (χ0n) is 10.4. The fraction of sp³-hybridized carbons (Fsp3) is 0.538. The van der Waals surface area contributed by atoms with E-state index < -0.39 is 0 Å². The molecule has 0 aliphatic rings. The molecule has 2 aromatic rings. The highest BCUT2D eigenvalue weighted by Gasteiger charge is 2.13. The summed E-state index contributed by atoms with van der Waals surface area (Å²) in [5, 5.41) is 0. The van der Waals surface area contributed by atoms with Crippen molar-refractivity contribution in [2.45, 2.75) is 46.0 Å². The zero-order chi connectivity index (χ0) is 11.7.